The van der Waals surface area contributed by atoms with Crippen LogP contribution < -0.4 is 10.2 Å². The molecule has 216 valence electrons. The Labute approximate surface area is 241 Å². The van der Waals surface area contributed by atoms with E-state index in [4.69, 9.17) is 10.1 Å². The van der Waals surface area contributed by atoms with Crippen LogP contribution in [0.15, 0.2) is 53.7 Å². The fraction of sp³-hybridized carbons (Fsp3) is 0.387. The molecule has 1 saturated heterocycles. The number of rotatable bonds is 8. The molecule has 4 rings (SSSR count). The summed E-state index contributed by atoms with van der Waals surface area (Å²) in [4.78, 5) is 29.0. The number of allylic oxidation sites excluding steroid dienone is 1. The number of carbonyl (C=O) groups is 2. The van der Waals surface area contributed by atoms with Crippen LogP contribution in [0.2, 0.25) is 25.7 Å². The van der Waals surface area contributed by atoms with Crippen molar-refractivity contribution < 1.29 is 23.1 Å². The molecule has 1 heterocycles. The topological polar surface area (TPSA) is 85.7 Å². The highest BCUT2D eigenvalue weighted by molar-refractivity contribution is 6.76. The van der Waals surface area contributed by atoms with Crippen molar-refractivity contribution in [1.29, 1.82) is 5.41 Å². The highest BCUT2D eigenvalue weighted by Crippen LogP contribution is 2.43. The van der Waals surface area contributed by atoms with E-state index in [0.29, 0.717) is 41.9 Å². The van der Waals surface area contributed by atoms with Crippen LogP contribution in [0.4, 0.5) is 19.3 Å². The molecule has 2 aromatic rings. The maximum atomic E-state index is 15.3. The van der Waals surface area contributed by atoms with Crippen molar-refractivity contribution in [2.45, 2.75) is 56.9 Å². The SMILES string of the molecule is CN1C(=O)N(c2c(F)cc(C#Cc3ccccc3)cc2F)C(=O)C[C@]12CCCC(NCOCC[Si](C)(C)C)=C2C=N. The molecule has 0 saturated carbocycles. The number of hydrogen-bond donors (Lipinski definition) is 2. The first-order chi connectivity index (χ1) is 19.5. The summed E-state index contributed by atoms with van der Waals surface area (Å²) in [5.74, 6) is 2.72. The van der Waals surface area contributed by atoms with Gasteiger partial charge in [-0.15, -0.1) is 0 Å². The van der Waals surface area contributed by atoms with Crippen molar-refractivity contribution in [2.24, 2.45) is 0 Å². The Morgan fingerprint density at radius 3 is 2.39 bits per heavy atom. The molecule has 1 aliphatic carbocycles. The number of imide groups is 1. The molecule has 2 aromatic carbocycles. The molecule has 1 fully saturated rings. The van der Waals surface area contributed by atoms with Gasteiger partial charge in [-0.2, -0.15) is 0 Å². The molecular weight excluding hydrogens is 542 g/mol. The van der Waals surface area contributed by atoms with Gasteiger partial charge in [0.25, 0.3) is 0 Å². The van der Waals surface area contributed by atoms with E-state index in [9.17, 15) is 9.59 Å². The lowest BCUT2D eigenvalue weighted by Crippen LogP contribution is -2.65. The molecule has 0 bridgehead atoms. The van der Waals surface area contributed by atoms with Crippen LogP contribution in [0.1, 0.15) is 36.8 Å². The van der Waals surface area contributed by atoms with E-state index in [0.717, 1.165) is 30.1 Å². The fourth-order valence-electron chi connectivity index (χ4n) is 5.26. The smallest absolute Gasteiger partial charge is 0.332 e. The summed E-state index contributed by atoms with van der Waals surface area (Å²) in [7, 11) is 0.273. The first-order valence-electron chi connectivity index (χ1n) is 13.7. The van der Waals surface area contributed by atoms with Gasteiger partial charge in [0.15, 0.2) is 11.6 Å². The monoisotopic (exact) mass is 578 g/mol. The van der Waals surface area contributed by atoms with Gasteiger partial charge in [-0.05, 0) is 49.6 Å². The van der Waals surface area contributed by atoms with E-state index in [1.807, 2.05) is 6.07 Å². The van der Waals surface area contributed by atoms with Gasteiger partial charge >= 0.3 is 6.03 Å². The summed E-state index contributed by atoms with van der Waals surface area (Å²) in [6.07, 6.45) is 2.70. The highest BCUT2D eigenvalue weighted by atomic mass is 28.3. The molecule has 1 atom stereocenters. The third-order valence-corrected chi connectivity index (χ3v) is 9.25. The standard InChI is InChI=1S/C31H36F2N4O3Si/c1-36-30(39)37(29-25(32)17-23(18-26(29)33)13-12-22-9-6-5-7-10-22)28(38)19-31(36)14-8-11-27(24(31)20-34)35-21-40-15-16-41(2,3)4/h5-7,9-10,17-18,20,34-35H,8,11,14-16,19,21H2,1-4H3/t31-/m0/s1. The zero-order valence-electron chi connectivity index (χ0n) is 23.9. The Kier molecular flexibility index (Phi) is 9.10. The van der Waals surface area contributed by atoms with Crippen molar-refractivity contribution in [2.75, 3.05) is 25.3 Å². The molecule has 2 aliphatic rings. The Bertz CT molecular complexity index is 1410. The number of nitrogens with one attached hydrogen (secondary N) is 2. The predicted octanol–water partition coefficient (Wildman–Crippen LogP) is 5.88. The van der Waals surface area contributed by atoms with Gasteiger partial charge in [-0.1, -0.05) is 49.7 Å². The van der Waals surface area contributed by atoms with Crippen molar-refractivity contribution in [3.8, 4) is 11.8 Å². The molecule has 0 radical (unpaired) electrons. The van der Waals surface area contributed by atoms with E-state index in [1.165, 1.54) is 11.9 Å². The molecular formula is C31H36F2N4O3Si. The average Bonchev–Trinajstić information content (AvgIpc) is 2.92. The number of nitrogens with zero attached hydrogens (tertiary/aromatic N) is 2. The van der Waals surface area contributed by atoms with E-state index in [1.54, 1.807) is 24.3 Å². The second kappa shape index (κ2) is 12.4. The van der Waals surface area contributed by atoms with Gasteiger partial charge in [-0.3, -0.25) is 4.79 Å². The van der Waals surface area contributed by atoms with E-state index in [2.05, 4.69) is 36.8 Å². The van der Waals surface area contributed by atoms with Crippen LogP contribution in [-0.2, 0) is 9.53 Å². The number of carbonyl (C=O) groups excluding carboxylic acids is 2. The zero-order chi connectivity index (χ0) is 29.8. The Balaban J connectivity index is 1.57. The van der Waals surface area contributed by atoms with Crippen LogP contribution in [0.25, 0.3) is 0 Å². The zero-order valence-corrected chi connectivity index (χ0v) is 24.9. The lowest BCUT2D eigenvalue weighted by molar-refractivity contribution is -0.121. The fourth-order valence-corrected chi connectivity index (χ4v) is 6.02. The van der Waals surface area contributed by atoms with Crippen molar-refractivity contribution in [1.82, 2.24) is 10.2 Å². The van der Waals surface area contributed by atoms with Gasteiger partial charge in [0.2, 0.25) is 5.91 Å². The van der Waals surface area contributed by atoms with Crippen molar-refractivity contribution in [3.05, 3.63) is 76.5 Å². The number of benzene rings is 2. The summed E-state index contributed by atoms with van der Waals surface area (Å²) >= 11 is 0. The Hall–Kier alpha value is -3.81. The molecule has 41 heavy (non-hydrogen) atoms. The average molecular weight is 579 g/mol. The number of hydrogen-bond acceptors (Lipinski definition) is 5. The molecule has 0 aromatic heterocycles. The van der Waals surface area contributed by atoms with E-state index < -0.39 is 42.9 Å². The Morgan fingerprint density at radius 1 is 1.10 bits per heavy atom. The third-order valence-electron chi connectivity index (χ3n) is 7.55. The van der Waals surface area contributed by atoms with Crippen LogP contribution >= 0.6 is 0 Å². The summed E-state index contributed by atoms with van der Waals surface area (Å²) in [6, 6.07) is 11.2. The first-order valence-corrected chi connectivity index (χ1v) is 17.4. The second-order valence-electron chi connectivity index (χ2n) is 11.6. The highest BCUT2D eigenvalue weighted by Gasteiger charge is 2.52. The van der Waals surface area contributed by atoms with Crippen LogP contribution in [0.3, 0.4) is 0 Å². The number of ether oxygens (including phenoxy) is 1. The normalized spacial score (nSPS) is 19.4. The number of halogens is 2. The number of amides is 3. The summed E-state index contributed by atoms with van der Waals surface area (Å²) in [6.45, 7) is 7.69. The summed E-state index contributed by atoms with van der Waals surface area (Å²) < 4.78 is 36.3. The first kappa shape index (κ1) is 30.2. The van der Waals surface area contributed by atoms with Gasteiger partial charge in [-0.25, -0.2) is 18.5 Å². The van der Waals surface area contributed by atoms with Gasteiger partial charge in [0, 0.05) is 50.3 Å². The van der Waals surface area contributed by atoms with E-state index >= 15 is 8.78 Å². The maximum absolute atomic E-state index is 15.3. The molecule has 10 heteroatoms. The van der Waals surface area contributed by atoms with E-state index in [-0.39, 0.29) is 18.7 Å². The summed E-state index contributed by atoms with van der Waals surface area (Å²) in [5, 5.41) is 11.4. The van der Waals surface area contributed by atoms with Gasteiger partial charge in [0.1, 0.15) is 12.4 Å². The second-order valence-corrected chi connectivity index (χ2v) is 17.2. The molecule has 1 aliphatic heterocycles. The maximum Gasteiger partial charge on any atom is 0.332 e. The lowest BCUT2D eigenvalue weighted by Gasteiger charge is -2.50. The van der Waals surface area contributed by atoms with Crippen LogP contribution in [0.5, 0.6) is 0 Å². The minimum atomic E-state index is -1.24. The molecule has 3 amide bonds. The molecule has 0 unspecified atom stereocenters. The number of urea groups is 1. The minimum absolute atomic E-state index is 0.0819. The van der Waals surface area contributed by atoms with Gasteiger partial charge in [0.05, 0.1) is 12.0 Å². The molecule has 2 N–H and O–H groups in total. The minimum Gasteiger partial charge on any atom is -0.366 e. The largest absolute Gasteiger partial charge is 0.366 e. The van der Waals surface area contributed by atoms with Gasteiger partial charge < -0.3 is 20.4 Å². The lowest BCUT2D eigenvalue weighted by atomic mass is 9.74. The quantitative estimate of drug-likeness (QED) is 0.135. The van der Waals surface area contributed by atoms with Crippen LogP contribution in [0, 0.1) is 28.9 Å². The van der Waals surface area contributed by atoms with Crippen molar-refractivity contribution >= 4 is 31.9 Å². The third kappa shape index (κ3) is 6.58. The molecule has 1 spiro atoms. The molecule has 7 nitrogen and oxygen atoms in total. The number of likely N-dealkylation sites (N-methyl/N-ethyl adjacent to an activating group) is 1. The Morgan fingerprint density at radius 2 is 1.76 bits per heavy atom. The number of anilines is 1. The van der Waals surface area contributed by atoms with Crippen LogP contribution in [-0.4, -0.2) is 57.1 Å². The predicted molar refractivity (Wildman–Crippen MR) is 159 cm³/mol. The summed E-state index contributed by atoms with van der Waals surface area (Å²) in [5.41, 5.74) is 0.183. The van der Waals surface area contributed by atoms with Crippen molar-refractivity contribution in [3.63, 3.8) is 0 Å².